The number of amides is 2. The molecule has 0 saturated heterocycles. The number of nitrogens with one attached hydrogen (secondary N) is 2. The fourth-order valence-corrected chi connectivity index (χ4v) is 4.71. The Bertz CT molecular complexity index is 1010. The van der Waals surface area contributed by atoms with Gasteiger partial charge in [0.2, 0.25) is 5.91 Å². The minimum absolute atomic E-state index is 0.0547. The maximum atomic E-state index is 12.9. The van der Waals surface area contributed by atoms with E-state index in [0.717, 1.165) is 26.2 Å². The number of rotatable bonds is 3. The third kappa shape index (κ3) is 3.17. The van der Waals surface area contributed by atoms with Gasteiger partial charge in [0, 0.05) is 52.4 Å². The third-order valence-electron chi connectivity index (χ3n) is 4.63. The molecule has 0 unspecified atom stereocenters. The number of halogens is 1. The zero-order chi connectivity index (χ0) is 18.3. The molecule has 2 N–H and O–H groups in total. The quantitative estimate of drug-likeness (QED) is 0.661. The van der Waals surface area contributed by atoms with E-state index in [1.807, 2.05) is 29.2 Å². The van der Waals surface area contributed by atoms with Gasteiger partial charge in [0.05, 0.1) is 16.9 Å². The number of thiophene rings is 1. The molecular weight excluding hydrogens is 414 g/mol. The number of carbonyl (C=O) groups is 2. The van der Waals surface area contributed by atoms with Gasteiger partial charge in [-0.05, 0) is 34.1 Å². The van der Waals surface area contributed by atoms with Crippen molar-refractivity contribution in [1.29, 1.82) is 0 Å². The minimum atomic E-state index is -0.0691. The number of nitrogens with zero attached hydrogens (tertiary/aromatic N) is 1. The van der Waals surface area contributed by atoms with Crippen LogP contribution in [0.3, 0.4) is 0 Å². The zero-order valence-electron chi connectivity index (χ0n) is 14.3. The molecule has 134 valence electrons. The van der Waals surface area contributed by atoms with Crippen LogP contribution < -0.4 is 5.32 Å². The molecule has 7 heteroatoms. The minimum Gasteiger partial charge on any atom is -0.357 e. The van der Waals surface area contributed by atoms with E-state index in [-0.39, 0.29) is 11.8 Å². The number of aromatic nitrogens is 1. The zero-order valence-corrected chi connectivity index (χ0v) is 16.7. The van der Waals surface area contributed by atoms with Gasteiger partial charge in [0.1, 0.15) is 0 Å². The fraction of sp³-hybridized carbons (Fsp3) is 0.263. The average Bonchev–Trinajstić information content (AvgIpc) is 3.24. The van der Waals surface area contributed by atoms with Gasteiger partial charge in [-0.3, -0.25) is 9.59 Å². The largest absolute Gasteiger partial charge is 0.357 e. The number of aromatic amines is 1. The summed E-state index contributed by atoms with van der Waals surface area (Å²) in [4.78, 5) is 31.1. The average molecular weight is 432 g/mol. The molecule has 0 spiro atoms. The van der Waals surface area contributed by atoms with Crippen LogP contribution in [-0.2, 0) is 24.3 Å². The maximum Gasteiger partial charge on any atom is 0.264 e. The first kappa shape index (κ1) is 17.3. The predicted octanol–water partition coefficient (Wildman–Crippen LogP) is 3.83. The molecular formula is C19H18BrN3O2S. The standard InChI is InChI=1S/C19H18BrN3O2S/c1-11(24)21-9-12-5-6-17(26-12)19(25)23-8-7-16-14(10-23)13-3-2-4-15(20)18(13)22-16/h2-6,22H,7-10H2,1H3,(H,21,24). The Morgan fingerprint density at radius 3 is 2.96 bits per heavy atom. The first-order valence-corrected chi connectivity index (χ1v) is 10.0. The highest BCUT2D eigenvalue weighted by atomic mass is 79.9. The summed E-state index contributed by atoms with van der Waals surface area (Å²) in [6.07, 6.45) is 0.826. The Balaban J connectivity index is 1.55. The van der Waals surface area contributed by atoms with Crippen LogP contribution in [0.1, 0.15) is 32.7 Å². The van der Waals surface area contributed by atoms with Gasteiger partial charge in [-0.15, -0.1) is 11.3 Å². The molecule has 0 fully saturated rings. The van der Waals surface area contributed by atoms with E-state index in [1.54, 1.807) is 0 Å². The molecule has 2 amide bonds. The molecule has 5 nitrogen and oxygen atoms in total. The second-order valence-corrected chi connectivity index (χ2v) is 8.42. The molecule has 3 heterocycles. The lowest BCUT2D eigenvalue weighted by atomic mass is 10.0. The van der Waals surface area contributed by atoms with E-state index >= 15 is 0 Å². The molecule has 4 rings (SSSR count). The van der Waals surface area contributed by atoms with Gasteiger partial charge in [-0.1, -0.05) is 12.1 Å². The van der Waals surface area contributed by atoms with Crippen molar-refractivity contribution >= 4 is 50.0 Å². The second kappa shape index (κ2) is 6.89. The van der Waals surface area contributed by atoms with Crippen LogP contribution >= 0.6 is 27.3 Å². The highest BCUT2D eigenvalue weighted by Gasteiger charge is 2.26. The summed E-state index contributed by atoms with van der Waals surface area (Å²) in [5.41, 5.74) is 3.52. The van der Waals surface area contributed by atoms with Gasteiger partial charge >= 0.3 is 0 Å². The number of fused-ring (bicyclic) bond motifs is 3. The van der Waals surface area contributed by atoms with Crippen molar-refractivity contribution < 1.29 is 9.59 Å². The number of para-hydroxylation sites is 1. The molecule has 0 aliphatic carbocycles. The Labute approximate surface area is 163 Å². The van der Waals surface area contributed by atoms with E-state index < -0.39 is 0 Å². The molecule has 0 saturated carbocycles. The van der Waals surface area contributed by atoms with Crippen molar-refractivity contribution in [3.63, 3.8) is 0 Å². The van der Waals surface area contributed by atoms with Crippen LogP contribution in [0, 0.1) is 0 Å². The molecule has 1 aliphatic rings. The Kier molecular flexibility index (Phi) is 4.58. The van der Waals surface area contributed by atoms with E-state index in [4.69, 9.17) is 0 Å². The van der Waals surface area contributed by atoms with E-state index in [2.05, 4.69) is 32.3 Å². The smallest absolute Gasteiger partial charge is 0.264 e. The molecule has 0 radical (unpaired) electrons. The van der Waals surface area contributed by atoms with Crippen molar-refractivity contribution in [2.45, 2.75) is 26.4 Å². The summed E-state index contributed by atoms with van der Waals surface area (Å²) in [5.74, 6) is -0.0144. The van der Waals surface area contributed by atoms with Gasteiger partial charge in [0.25, 0.3) is 5.91 Å². The Hall–Kier alpha value is -2.12. The van der Waals surface area contributed by atoms with Gasteiger partial charge < -0.3 is 15.2 Å². The number of benzene rings is 1. The van der Waals surface area contributed by atoms with Crippen molar-refractivity contribution in [3.05, 3.63) is 55.8 Å². The monoisotopic (exact) mass is 431 g/mol. The van der Waals surface area contributed by atoms with Gasteiger partial charge in [0.15, 0.2) is 0 Å². The molecule has 26 heavy (non-hydrogen) atoms. The summed E-state index contributed by atoms with van der Waals surface area (Å²) < 4.78 is 1.04. The van der Waals surface area contributed by atoms with E-state index in [1.165, 1.54) is 34.9 Å². The van der Waals surface area contributed by atoms with Gasteiger partial charge in [-0.25, -0.2) is 0 Å². The van der Waals surface area contributed by atoms with Gasteiger partial charge in [-0.2, -0.15) is 0 Å². The Morgan fingerprint density at radius 2 is 2.15 bits per heavy atom. The van der Waals surface area contributed by atoms with Crippen molar-refractivity contribution in [1.82, 2.24) is 15.2 Å². The van der Waals surface area contributed by atoms with Crippen LogP contribution in [0.25, 0.3) is 10.9 Å². The first-order valence-electron chi connectivity index (χ1n) is 8.43. The summed E-state index contributed by atoms with van der Waals surface area (Å²) >= 11 is 5.04. The number of H-pyrrole nitrogens is 1. The first-order chi connectivity index (χ1) is 12.5. The van der Waals surface area contributed by atoms with E-state index in [0.29, 0.717) is 19.6 Å². The van der Waals surface area contributed by atoms with Crippen LogP contribution in [0.2, 0.25) is 0 Å². The Morgan fingerprint density at radius 1 is 1.31 bits per heavy atom. The van der Waals surface area contributed by atoms with E-state index in [9.17, 15) is 9.59 Å². The maximum absolute atomic E-state index is 12.9. The van der Waals surface area contributed by atoms with Crippen LogP contribution in [-0.4, -0.2) is 28.2 Å². The summed E-state index contributed by atoms with van der Waals surface area (Å²) in [5, 5.41) is 3.94. The summed E-state index contributed by atoms with van der Waals surface area (Å²) in [6.45, 7) is 3.27. The SMILES string of the molecule is CC(=O)NCc1ccc(C(=O)N2CCc3[nH]c4c(Br)cccc4c3C2)s1. The number of carbonyl (C=O) groups excluding carboxylic acids is 2. The van der Waals surface area contributed by atoms with Crippen LogP contribution in [0.4, 0.5) is 0 Å². The lowest BCUT2D eigenvalue weighted by molar-refractivity contribution is -0.119. The van der Waals surface area contributed by atoms with Crippen molar-refractivity contribution in [2.75, 3.05) is 6.54 Å². The second-order valence-electron chi connectivity index (χ2n) is 6.40. The highest BCUT2D eigenvalue weighted by Crippen LogP contribution is 2.32. The molecule has 3 aromatic rings. The molecule has 1 aromatic carbocycles. The highest BCUT2D eigenvalue weighted by molar-refractivity contribution is 9.10. The third-order valence-corrected chi connectivity index (χ3v) is 6.36. The molecule has 0 atom stereocenters. The fourth-order valence-electron chi connectivity index (χ4n) is 3.33. The lowest BCUT2D eigenvalue weighted by Gasteiger charge is -2.26. The molecule has 0 bridgehead atoms. The van der Waals surface area contributed by atoms with Crippen molar-refractivity contribution in [2.24, 2.45) is 0 Å². The number of hydrogen-bond donors (Lipinski definition) is 2. The number of hydrogen-bond acceptors (Lipinski definition) is 3. The summed E-state index contributed by atoms with van der Waals surface area (Å²) in [7, 11) is 0. The van der Waals surface area contributed by atoms with Crippen LogP contribution in [0.5, 0.6) is 0 Å². The normalized spacial score (nSPS) is 13.7. The summed E-state index contributed by atoms with van der Waals surface area (Å²) in [6, 6.07) is 9.90. The predicted molar refractivity (Wildman–Crippen MR) is 106 cm³/mol. The van der Waals surface area contributed by atoms with Crippen molar-refractivity contribution in [3.8, 4) is 0 Å². The topological polar surface area (TPSA) is 65.2 Å². The van der Waals surface area contributed by atoms with Crippen LogP contribution in [0.15, 0.2) is 34.8 Å². The lowest BCUT2D eigenvalue weighted by Crippen LogP contribution is -2.35. The molecule has 2 aromatic heterocycles. The molecule has 1 aliphatic heterocycles.